The number of para-hydroxylation sites is 2. The maximum absolute atomic E-state index is 11.4. The van der Waals surface area contributed by atoms with Crippen molar-refractivity contribution < 1.29 is 9.53 Å². The summed E-state index contributed by atoms with van der Waals surface area (Å²) in [7, 11) is 0. The number of anilines is 1. The van der Waals surface area contributed by atoms with Gasteiger partial charge in [-0.1, -0.05) is 12.1 Å². The summed E-state index contributed by atoms with van der Waals surface area (Å²) in [6.07, 6.45) is 0. The normalized spacial score (nSPS) is 15.5. The highest BCUT2D eigenvalue weighted by molar-refractivity contribution is 5.89. The van der Waals surface area contributed by atoms with Crippen LogP contribution in [0.15, 0.2) is 24.3 Å². The van der Waals surface area contributed by atoms with Crippen LogP contribution in [0.2, 0.25) is 0 Å². The number of fused-ring (bicyclic) bond motifs is 1. The fourth-order valence-corrected chi connectivity index (χ4v) is 2.62. The van der Waals surface area contributed by atoms with Gasteiger partial charge in [-0.15, -0.1) is 12.4 Å². The topological polar surface area (TPSA) is 59.4 Å². The van der Waals surface area contributed by atoms with Crippen LogP contribution in [0.25, 0.3) is 11.0 Å². The molecule has 1 N–H and O–H groups in total. The molecule has 1 amide bonds. The summed E-state index contributed by atoms with van der Waals surface area (Å²) < 4.78 is 7.44. The molecule has 2 heterocycles. The Morgan fingerprint density at radius 3 is 2.73 bits per heavy atom. The lowest BCUT2D eigenvalue weighted by Gasteiger charge is -2.26. The smallest absolute Gasteiger partial charge is 0.223 e. The van der Waals surface area contributed by atoms with E-state index in [1.165, 1.54) is 6.92 Å². The molecule has 0 unspecified atom stereocenters. The first-order valence-electron chi connectivity index (χ1n) is 7.27. The van der Waals surface area contributed by atoms with Crippen molar-refractivity contribution in [2.24, 2.45) is 0 Å². The number of carbonyl (C=O) groups is 1. The number of nitrogens with one attached hydrogen (secondary N) is 1. The molecule has 0 radical (unpaired) electrons. The number of imidazole rings is 1. The molecule has 0 saturated carbocycles. The van der Waals surface area contributed by atoms with Crippen molar-refractivity contribution in [1.82, 2.24) is 14.5 Å². The van der Waals surface area contributed by atoms with Gasteiger partial charge in [0.2, 0.25) is 11.9 Å². The van der Waals surface area contributed by atoms with E-state index >= 15 is 0 Å². The lowest BCUT2D eigenvalue weighted by molar-refractivity contribution is -0.114. The highest BCUT2D eigenvalue weighted by Gasteiger charge is 2.14. The standard InChI is InChI=1S/C15H20N4O2.ClH/c1-12(20)16-15-17-13-4-2-3-5-14(13)19(15)7-6-18-8-10-21-11-9-18;/h2-5H,6-11H2,1H3,(H,16,17,20);1H. The van der Waals surface area contributed by atoms with E-state index in [4.69, 9.17) is 4.74 Å². The second-order valence-electron chi connectivity index (χ2n) is 5.21. The van der Waals surface area contributed by atoms with E-state index in [1.54, 1.807) is 0 Å². The third kappa shape index (κ3) is 3.76. The number of carbonyl (C=O) groups excluding carboxylic acids is 1. The average Bonchev–Trinajstić information content (AvgIpc) is 2.82. The molecule has 6 nitrogen and oxygen atoms in total. The number of amides is 1. The summed E-state index contributed by atoms with van der Waals surface area (Å²) in [6, 6.07) is 7.95. The Kier molecular flexibility index (Phi) is 5.76. The SMILES string of the molecule is CC(=O)Nc1nc2ccccc2n1CCN1CCOCC1.Cl. The zero-order chi connectivity index (χ0) is 14.7. The van der Waals surface area contributed by atoms with Crippen LogP contribution >= 0.6 is 12.4 Å². The summed E-state index contributed by atoms with van der Waals surface area (Å²) in [6.45, 7) is 6.74. The summed E-state index contributed by atoms with van der Waals surface area (Å²) in [4.78, 5) is 18.2. The Bertz CT molecular complexity index is 638. The number of rotatable bonds is 4. The number of hydrogen-bond donors (Lipinski definition) is 1. The fraction of sp³-hybridized carbons (Fsp3) is 0.467. The molecule has 0 spiro atoms. The van der Waals surface area contributed by atoms with Crippen LogP contribution in [-0.2, 0) is 16.1 Å². The monoisotopic (exact) mass is 324 g/mol. The summed E-state index contributed by atoms with van der Waals surface area (Å²) in [5.41, 5.74) is 1.96. The number of nitrogens with zero attached hydrogens (tertiary/aromatic N) is 3. The number of ether oxygens (including phenoxy) is 1. The van der Waals surface area contributed by atoms with E-state index < -0.39 is 0 Å². The summed E-state index contributed by atoms with van der Waals surface area (Å²) in [5.74, 6) is 0.523. The van der Waals surface area contributed by atoms with E-state index in [1.807, 2.05) is 24.3 Å². The molecular formula is C15H21ClN4O2. The van der Waals surface area contributed by atoms with Gasteiger partial charge in [0, 0.05) is 33.1 Å². The minimum atomic E-state index is -0.0991. The number of hydrogen-bond acceptors (Lipinski definition) is 4. The van der Waals surface area contributed by atoms with E-state index in [-0.39, 0.29) is 18.3 Å². The van der Waals surface area contributed by atoms with Gasteiger partial charge in [-0.3, -0.25) is 15.0 Å². The number of aromatic nitrogens is 2. The Morgan fingerprint density at radius 1 is 1.27 bits per heavy atom. The van der Waals surface area contributed by atoms with Gasteiger partial charge in [-0.2, -0.15) is 0 Å². The van der Waals surface area contributed by atoms with Crippen molar-refractivity contribution in [3.05, 3.63) is 24.3 Å². The van der Waals surface area contributed by atoms with E-state index in [0.29, 0.717) is 5.95 Å². The molecule has 1 fully saturated rings. The first-order valence-corrected chi connectivity index (χ1v) is 7.27. The quantitative estimate of drug-likeness (QED) is 0.931. The number of benzene rings is 1. The van der Waals surface area contributed by atoms with Gasteiger partial charge in [-0.25, -0.2) is 4.98 Å². The molecule has 7 heteroatoms. The summed E-state index contributed by atoms with van der Waals surface area (Å²) in [5, 5.41) is 2.82. The zero-order valence-corrected chi connectivity index (χ0v) is 13.4. The largest absolute Gasteiger partial charge is 0.379 e. The lowest BCUT2D eigenvalue weighted by Crippen LogP contribution is -2.38. The third-order valence-corrected chi connectivity index (χ3v) is 3.69. The molecule has 2 aromatic rings. The van der Waals surface area contributed by atoms with Crippen LogP contribution in [0.1, 0.15) is 6.92 Å². The molecule has 1 saturated heterocycles. The van der Waals surface area contributed by atoms with Crippen LogP contribution in [-0.4, -0.2) is 53.2 Å². The van der Waals surface area contributed by atoms with Crippen LogP contribution in [0.3, 0.4) is 0 Å². The van der Waals surface area contributed by atoms with Crippen LogP contribution in [0.4, 0.5) is 5.95 Å². The molecule has 1 aliphatic rings. The first-order chi connectivity index (χ1) is 10.2. The second kappa shape index (κ2) is 7.58. The van der Waals surface area contributed by atoms with E-state index in [2.05, 4.69) is 19.8 Å². The fourth-order valence-electron chi connectivity index (χ4n) is 2.62. The van der Waals surface area contributed by atoms with Crippen molar-refractivity contribution in [2.45, 2.75) is 13.5 Å². The van der Waals surface area contributed by atoms with Gasteiger partial charge in [-0.05, 0) is 12.1 Å². The molecule has 1 aromatic carbocycles. The summed E-state index contributed by atoms with van der Waals surface area (Å²) >= 11 is 0. The van der Waals surface area contributed by atoms with Gasteiger partial charge >= 0.3 is 0 Å². The second-order valence-corrected chi connectivity index (χ2v) is 5.21. The maximum Gasteiger partial charge on any atom is 0.223 e. The molecule has 22 heavy (non-hydrogen) atoms. The molecule has 1 aromatic heterocycles. The predicted molar refractivity (Wildman–Crippen MR) is 88.5 cm³/mol. The molecule has 0 bridgehead atoms. The highest BCUT2D eigenvalue weighted by Crippen LogP contribution is 2.19. The Labute approximate surface area is 135 Å². The van der Waals surface area contributed by atoms with Gasteiger partial charge in [0.05, 0.1) is 24.2 Å². The Balaban J connectivity index is 0.00000176. The van der Waals surface area contributed by atoms with Crippen LogP contribution in [0.5, 0.6) is 0 Å². The van der Waals surface area contributed by atoms with Gasteiger partial charge < -0.3 is 9.30 Å². The highest BCUT2D eigenvalue weighted by atomic mass is 35.5. The minimum absolute atomic E-state index is 0. The zero-order valence-electron chi connectivity index (χ0n) is 12.6. The lowest BCUT2D eigenvalue weighted by atomic mass is 10.3. The molecule has 1 aliphatic heterocycles. The van der Waals surface area contributed by atoms with Crippen molar-refractivity contribution in [1.29, 1.82) is 0 Å². The molecular weight excluding hydrogens is 304 g/mol. The third-order valence-electron chi connectivity index (χ3n) is 3.69. The molecule has 3 rings (SSSR count). The van der Waals surface area contributed by atoms with Crippen molar-refractivity contribution in [2.75, 3.05) is 38.2 Å². The Hall–Kier alpha value is -1.63. The van der Waals surface area contributed by atoms with Crippen molar-refractivity contribution in [3.63, 3.8) is 0 Å². The predicted octanol–water partition coefficient (Wildman–Crippen LogP) is 1.75. The van der Waals surface area contributed by atoms with E-state index in [0.717, 1.165) is 50.4 Å². The average molecular weight is 325 g/mol. The maximum atomic E-state index is 11.4. The number of halogens is 1. The molecule has 120 valence electrons. The van der Waals surface area contributed by atoms with Gasteiger partial charge in [0.15, 0.2) is 0 Å². The first kappa shape index (κ1) is 16.7. The van der Waals surface area contributed by atoms with Gasteiger partial charge in [0.1, 0.15) is 0 Å². The Morgan fingerprint density at radius 2 is 2.00 bits per heavy atom. The van der Waals surface area contributed by atoms with Crippen molar-refractivity contribution >= 4 is 35.3 Å². The van der Waals surface area contributed by atoms with Gasteiger partial charge in [0.25, 0.3) is 0 Å². The van der Waals surface area contributed by atoms with E-state index in [9.17, 15) is 4.79 Å². The number of morpholine rings is 1. The van der Waals surface area contributed by atoms with Crippen LogP contribution in [0, 0.1) is 0 Å². The van der Waals surface area contributed by atoms with Crippen molar-refractivity contribution in [3.8, 4) is 0 Å². The molecule has 0 aliphatic carbocycles. The minimum Gasteiger partial charge on any atom is -0.379 e. The van der Waals surface area contributed by atoms with Crippen LogP contribution < -0.4 is 5.32 Å². The molecule has 0 atom stereocenters.